The number of rotatable bonds is 2. The van der Waals surface area contributed by atoms with Gasteiger partial charge >= 0.3 is 0 Å². The molecule has 2 rings (SSSR count). The lowest BCUT2D eigenvalue weighted by atomic mass is 9.84. The zero-order valence-corrected chi connectivity index (χ0v) is 11.0. The van der Waals surface area contributed by atoms with Crippen LogP contribution in [0.25, 0.3) is 0 Å². The summed E-state index contributed by atoms with van der Waals surface area (Å²) in [7, 11) is 0. The topological polar surface area (TPSA) is 55.6 Å². The Balaban J connectivity index is 2.08. The van der Waals surface area contributed by atoms with E-state index in [-0.39, 0.29) is 16.9 Å². The second-order valence-corrected chi connectivity index (χ2v) is 6.03. The summed E-state index contributed by atoms with van der Waals surface area (Å²) in [5.74, 6) is 0.258. The summed E-state index contributed by atoms with van der Waals surface area (Å²) >= 11 is 0. The van der Waals surface area contributed by atoms with Gasteiger partial charge in [-0.3, -0.25) is 4.79 Å². The van der Waals surface area contributed by atoms with Crippen LogP contribution < -0.4 is 5.73 Å². The third kappa shape index (κ3) is 2.47. The molecule has 2 fully saturated rings. The second kappa shape index (κ2) is 4.58. The molecule has 1 heterocycles. The van der Waals surface area contributed by atoms with Crippen molar-refractivity contribution in [3.05, 3.63) is 0 Å². The fraction of sp³-hybridized carbons (Fsp3) is 0.923. The van der Waals surface area contributed by atoms with Gasteiger partial charge in [0, 0.05) is 19.6 Å². The smallest absolute Gasteiger partial charge is 0.230 e. The molecule has 0 spiro atoms. The molecule has 2 N–H and O–H groups in total. The van der Waals surface area contributed by atoms with Crippen LogP contribution in [0.15, 0.2) is 0 Å². The molecule has 1 saturated heterocycles. The lowest BCUT2D eigenvalue weighted by molar-refractivity contribution is -0.155. The van der Waals surface area contributed by atoms with E-state index in [0.717, 1.165) is 25.7 Å². The van der Waals surface area contributed by atoms with E-state index in [2.05, 4.69) is 0 Å². The van der Waals surface area contributed by atoms with Crippen LogP contribution >= 0.6 is 0 Å². The summed E-state index contributed by atoms with van der Waals surface area (Å²) in [6.45, 7) is 6.60. The molecule has 1 saturated carbocycles. The molecule has 98 valence electrons. The van der Waals surface area contributed by atoms with E-state index in [1.807, 2.05) is 18.7 Å². The van der Waals surface area contributed by atoms with Crippen molar-refractivity contribution in [3.63, 3.8) is 0 Å². The Labute approximate surface area is 103 Å². The largest absolute Gasteiger partial charge is 0.372 e. The Morgan fingerprint density at radius 1 is 1.35 bits per heavy atom. The van der Waals surface area contributed by atoms with Gasteiger partial charge in [0.25, 0.3) is 0 Å². The zero-order chi connectivity index (χ0) is 12.5. The van der Waals surface area contributed by atoms with E-state index in [1.54, 1.807) is 0 Å². The maximum absolute atomic E-state index is 12.6. The Morgan fingerprint density at radius 3 is 2.53 bits per heavy atom. The minimum atomic E-state index is -0.270. The average molecular weight is 240 g/mol. The Kier molecular flexibility index (Phi) is 3.46. The predicted molar refractivity (Wildman–Crippen MR) is 66.6 cm³/mol. The maximum Gasteiger partial charge on any atom is 0.230 e. The fourth-order valence-corrected chi connectivity index (χ4v) is 3.08. The lowest BCUT2D eigenvalue weighted by Crippen LogP contribution is -2.55. The number of carbonyl (C=O) groups is 1. The van der Waals surface area contributed by atoms with Crippen LogP contribution in [0.2, 0.25) is 0 Å². The summed E-state index contributed by atoms with van der Waals surface area (Å²) in [6, 6.07) is 0. The van der Waals surface area contributed by atoms with Gasteiger partial charge in [-0.15, -0.1) is 0 Å². The summed E-state index contributed by atoms with van der Waals surface area (Å²) in [5.41, 5.74) is 5.37. The van der Waals surface area contributed by atoms with Crippen molar-refractivity contribution in [2.75, 3.05) is 26.2 Å². The molecule has 0 aromatic rings. The van der Waals surface area contributed by atoms with Crippen molar-refractivity contribution < 1.29 is 9.53 Å². The number of nitrogens with zero attached hydrogens (tertiary/aromatic N) is 1. The van der Waals surface area contributed by atoms with Crippen molar-refractivity contribution in [2.24, 2.45) is 11.1 Å². The SMILES string of the molecule is CC1(C)CN(C(=O)C2(CN)CCCC2)CCO1. The molecule has 0 aromatic carbocycles. The van der Waals surface area contributed by atoms with Crippen LogP contribution in [0.4, 0.5) is 0 Å². The first kappa shape index (κ1) is 12.8. The summed E-state index contributed by atoms with van der Waals surface area (Å²) in [4.78, 5) is 14.6. The highest BCUT2D eigenvalue weighted by atomic mass is 16.5. The van der Waals surface area contributed by atoms with Gasteiger partial charge in [0.1, 0.15) is 0 Å². The van der Waals surface area contributed by atoms with E-state index in [4.69, 9.17) is 10.5 Å². The zero-order valence-electron chi connectivity index (χ0n) is 11.0. The lowest BCUT2D eigenvalue weighted by Gasteiger charge is -2.42. The van der Waals surface area contributed by atoms with Crippen LogP contribution in [-0.4, -0.2) is 42.6 Å². The van der Waals surface area contributed by atoms with Crippen molar-refractivity contribution in [1.82, 2.24) is 4.90 Å². The van der Waals surface area contributed by atoms with E-state index < -0.39 is 0 Å². The number of carbonyl (C=O) groups excluding carboxylic acids is 1. The van der Waals surface area contributed by atoms with E-state index in [0.29, 0.717) is 26.2 Å². The predicted octanol–water partition coefficient (Wildman–Crippen LogP) is 1.14. The summed E-state index contributed by atoms with van der Waals surface area (Å²) < 4.78 is 5.65. The molecule has 0 aromatic heterocycles. The van der Waals surface area contributed by atoms with Gasteiger partial charge in [-0.1, -0.05) is 12.8 Å². The highest BCUT2D eigenvalue weighted by Crippen LogP contribution is 2.39. The van der Waals surface area contributed by atoms with E-state index in [9.17, 15) is 4.79 Å². The van der Waals surface area contributed by atoms with Crippen molar-refractivity contribution >= 4 is 5.91 Å². The first-order valence-corrected chi connectivity index (χ1v) is 6.63. The van der Waals surface area contributed by atoms with Crippen LogP contribution in [-0.2, 0) is 9.53 Å². The third-order valence-electron chi connectivity index (χ3n) is 4.12. The number of morpholine rings is 1. The first-order valence-electron chi connectivity index (χ1n) is 6.63. The highest BCUT2D eigenvalue weighted by Gasteiger charge is 2.44. The van der Waals surface area contributed by atoms with Crippen molar-refractivity contribution in [1.29, 1.82) is 0 Å². The van der Waals surface area contributed by atoms with Crippen LogP contribution in [0.3, 0.4) is 0 Å². The molecule has 2 aliphatic rings. The quantitative estimate of drug-likeness (QED) is 0.787. The summed E-state index contributed by atoms with van der Waals surface area (Å²) in [5, 5.41) is 0. The Hall–Kier alpha value is -0.610. The number of hydrogen-bond acceptors (Lipinski definition) is 3. The average Bonchev–Trinajstić information content (AvgIpc) is 2.76. The van der Waals surface area contributed by atoms with Gasteiger partial charge in [-0.05, 0) is 26.7 Å². The first-order chi connectivity index (χ1) is 7.99. The maximum atomic E-state index is 12.6. The minimum Gasteiger partial charge on any atom is -0.372 e. The Bertz CT molecular complexity index is 296. The number of amides is 1. The van der Waals surface area contributed by atoms with Gasteiger partial charge < -0.3 is 15.4 Å². The third-order valence-corrected chi connectivity index (χ3v) is 4.12. The molecule has 1 amide bonds. The van der Waals surface area contributed by atoms with Crippen molar-refractivity contribution in [2.45, 2.75) is 45.1 Å². The van der Waals surface area contributed by atoms with Gasteiger partial charge in [-0.25, -0.2) is 0 Å². The van der Waals surface area contributed by atoms with Gasteiger partial charge in [0.15, 0.2) is 0 Å². The molecule has 17 heavy (non-hydrogen) atoms. The molecule has 4 heteroatoms. The summed E-state index contributed by atoms with van der Waals surface area (Å²) in [6.07, 6.45) is 4.19. The molecule has 4 nitrogen and oxygen atoms in total. The molecule has 1 aliphatic heterocycles. The fourth-order valence-electron chi connectivity index (χ4n) is 3.08. The normalized spacial score (nSPS) is 27.1. The molecule has 0 bridgehead atoms. The standard InChI is InChI=1S/C13H24N2O2/c1-12(2)10-15(7-8-17-12)11(16)13(9-14)5-3-4-6-13/h3-10,14H2,1-2H3. The van der Waals surface area contributed by atoms with E-state index >= 15 is 0 Å². The molecule has 0 unspecified atom stereocenters. The van der Waals surface area contributed by atoms with Gasteiger partial charge in [0.05, 0.1) is 17.6 Å². The van der Waals surface area contributed by atoms with Crippen LogP contribution in [0, 0.1) is 5.41 Å². The van der Waals surface area contributed by atoms with Crippen molar-refractivity contribution in [3.8, 4) is 0 Å². The molecule has 1 aliphatic carbocycles. The van der Waals surface area contributed by atoms with Gasteiger partial charge in [0.2, 0.25) is 5.91 Å². The number of nitrogens with two attached hydrogens (primary N) is 1. The van der Waals surface area contributed by atoms with Crippen LogP contribution in [0.1, 0.15) is 39.5 Å². The molecule has 0 radical (unpaired) electrons. The molecular formula is C13H24N2O2. The van der Waals surface area contributed by atoms with Crippen LogP contribution in [0.5, 0.6) is 0 Å². The van der Waals surface area contributed by atoms with Gasteiger partial charge in [-0.2, -0.15) is 0 Å². The monoisotopic (exact) mass is 240 g/mol. The Morgan fingerprint density at radius 2 is 2.00 bits per heavy atom. The van der Waals surface area contributed by atoms with E-state index in [1.165, 1.54) is 0 Å². The minimum absolute atomic E-state index is 0.220. The highest BCUT2D eigenvalue weighted by molar-refractivity contribution is 5.83. The molecule has 0 atom stereocenters. The number of ether oxygens (including phenoxy) is 1. The molecular weight excluding hydrogens is 216 g/mol. The second-order valence-electron chi connectivity index (χ2n) is 6.03. The number of hydrogen-bond donors (Lipinski definition) is 1.